The van der Waals surface area contributed by atoms with E-state index in [-0.39, 0.29) is 11.4 Å². The minimum Gasteiger partial charge on any atom is -0.333 e. The molecule has 0 rings (SSSR count). The van der Waals surface area contributed by atoms with Crippen molar-refractivity contribution in [2.24, 2.45) is 5.73 Å². The van der Waals surface area contributed by atoms with Crippen molar-refractivity contribution in [1.82, 2.24) is 4.90 Å². The zero-order valence-corrected chi connectivity index (χ0v) is 11.3. The van der Waals surface area contributed by atoms with Crippen LogP contribution in [0.15, 0.2) is 12.7 Å². The van der Waals surface area contributed by atoms with E-state index < -0.39 is 5.54 Å². The molecule has 0 radical (unpaired) electrons. The molecule has 1 amide bonds. The molecule has 0 aliphatic carbocycles. The van der Waals surface area contributed by atoms with Crippen molar-refractivity contribution in [2.45, 2.75) is 58.5 Å². The maximum Gasteiger partial charge on any atom is 0.243 e. The van der Waals surface area contributed by atoms with Crippen LogP contribution in [0.1, 0.15) is 47.5 Å². The number of hydrogen-bond acceptors (Lipinski definition) is 2. The Morgan fingerprint density at radius 1 is 1.38 bits per heavy atom. The molecule has 1 atom stereocenters. The molecule has 0 saturated carbocycles. The van der Waals surface area contributed by atoms with E-state index in [1.165, 1.54) is 0 Å². The molecule has 0 bridgehead atoms. The van der Waals surface area contributed by atoms with Gasteiger partial charge in [-0.2, -0.15) is 0 Å². The Labute approximate surface area is 99.7 Å². The van der Waals surface area contributed by atoms with E-state index in [9.17, 15) is 4.79 Å². The molecule has 3 nitrogen and oxygen atoms in total. The number of nitrogens with two attached hydrogens (primary N) is 1. The highest BCUT2D eigenvalue weighted by Gasteiger charge is 2.36. The lowest BCUT2D eigenvalue weighted by atomic mass is 9.93. The van der Waals surface area contributed by atoms with Crippen LogP contribution in [0.25, 0.3) is 0 Å². The topological polar surface area (TPSA) is 46.3 Å². The highest BCUT2D eigenvalue weighted by atomic mass is 16.2. The maximum absolute atomic E-state index is 12.3. The second-order valence-electron chi connectivity index (χ2n) is 5.54. The minimum absolute atomic E-state index is 0.00162. The van der Waals surface area contributed by atoms with Gasteiger partial charge >= 0.3 is 0 Å². The summed E-state index contributed by atoms with van der Waals surface area (Å²) in [6.45, 7) is 14.1. The van der Waals surface area contributed by atoms with Crippen LogP contribution in [0.4, 0.5) is 0 Å². The van der Waals surface area contributed by atoms with E-state index in [1.807, 2.05) is 27.7 Å². The summed E-state index contributed by atoms with van der Waals surface area (Å²) < 4.78 is 0. The molecule has 0 spiro atoms. The first kappa shape index (κ1) is 15.2. The predicted octanol–water partition coefficient (Wildman–Crippen LogP) is 2.32. The lowest BCUT2D eigenvalue weighted by Crippen LogP contribution is -2.58. The van der Waals surface area contributed by atoms with Crippen LogP contribution < -0.4 is 5.73 Å². The highest BCUT2D eigenvalue weighted by molar-refractivity contribution is 5.86. The molecule has 1 unspecified atom stereocenters. The van der Waals surface area contributed by atoms with E-state index in [0.29, 0.717) is 13.0 Å². The third kappa shape index (κ3) is 3.97. The summed E-state index contributed by atoms with van der Waals surface area (Å²) in [6, 6.07) is 0. The number of carbonyl (C=O) groups is 1. The molecule has 16 heavy (non-hydrogen) atoms. The average molecular weight is 226 g/mol. The fourth-order valence-electron chi connectivity index (χ4n) is 1.73. The van der Waals surface area contributed by atoms with Gasteiger partial charge in [-0.1, -0.05) is 19.4 Å². The van der Waals surface area contributed by atoms with Gasteiger partial charge in [0.15, 0.2) is 0 Å². The second kappa shape index (κ2) is 5.48. The van der Waals surface area contributed by atoms with Crippen molar-refractivity contribution in [3.05, 3.63) is 12.7 Å². The van der Waals surface area contributed by atoms with Gasteiger partial charge in [-0.3, -0.25) is 4.79 Å². The summed E-state index contributed by atoms with van der Waals surface area (Å²) in [5.74, 6) is 0.00162. The third-order valence-corrected chi connectivity index (χ3v) is 2.62. The summed E-state index contributed by atoms with van der Waals surface area (Å²) >= 11 is 0. The lowest BCUT2D eigenvalue weighted by Gasteiger charge is -2.40. The molecular weight excluding hydrogens is 200 g/mol. The third-order valence-electron chi connectivity index (χ3n) is 2.62. The van der Waals surface area contributed by atoms with Crippen molar-refractivity contribution < 1.29 is 4.79 Å². The molecule has 0 aliphatic rings. The molecule has 0 aromatic heterocycles. The molecular formula is C13H26N2O. The maximum atomic E-state index is 12.3. The van der Waals surface area contributed by atoms with Crippen molar-refractivity contribution in [3.63, 3.8) is 0 Å². The number of carbonyl (C=O) groups excluding carboxylic acids is 1. The van der Waals surface area contributed by atoms with Gasteiger partial charge in [-0.05, 0) is 34.1 Å². The van der Waals surface area contributed by atoms with Gasteiger partial charge in [0.1, 0.15) is 0 Å². The summed E-state index contributed by atoms with van der Waals surface area (Å²) in [6.07, 6.45) is 3.35. The van der Waals surface area contributed by atoms with Gasteiger partial charge in [0.2, 0.25) is 5.91 Å². The molecule has 0 heterocycles. The Morgan fingerprint density at radius 2 is 1.88 bits per heavy atom. The van der Waals surface area contributed by atoms with Crippen molar-refractivity contribution >= 4 is 5.91 Å². The van der Waals surface area contributed by atoms with Gasteiger partial charge < -0.3 is 10.6 Å². The fraction of sp³-hybridized carbons (Fsp3) is 0.769. The van der Waals surface area contributed by atoms with Crippen molar-refractivity contribution in [3.8, 4) is 0 Å². The van der Waals surface area contributed by atoms with Gasteiger partial charge in [0.25, 0.3) is 0 Å². The van der Waals surface area contributed by atoms with Crippen LogP contribution >= 0.6 is 0 Å². The van der Waals surface area contributed by atoms with Crippen LogP contribution in [0, 0.1) is 0 Å². The average Bonchev–Trinajstić information content (AvgIpc) is 2.11. The van der Waals surface area contributed by atoms with Crippen LogP contribution in [-0.4, -0.2) is 28.4 Å². The number of nitrogens with zero attached hydrogens (tertiary/aromatic N) is 1. The minimum atomic E-state index is -0.773. The normalized spacial score (nSPS) is 15.4. The SMILES string of the molecule is C=CCN(C(=O)C(C)(N)CCC)C(C)(C)C. The molecule has 0 aliphatic heterocycles. The van der Waals surface area contributed by atoms with E-state index in [1.54, 1.807) is 17.9 Å². The summed E-state index contributed by atoms with van der Waals surface area (Å²) in [5, 5.41) is 0. The molecule has 3 heteroatoms. The first-order chi connectivity index (χ1) is 7.16. The molecule has 0 aromatic carbocycles. The van der Waals surface area contributed by atoms with Crippen LogP contribution in [0.2, 0.25) is 0 Å². The zero-order valence-electron chi connectivity index (χ0n) is 11.3. The quantitative estimate of drug-likeness (QED) is 0.731. The highest BCUT2D eigenvalue weighted by Crippen LogP contribution is 2.20. The Bertz CT molecular complexity index is 251. The molecule has 0 aromatic rings. The zero-order chi connectivity index (χ0) is 13.0. The second-order valence-corrected chi connectivity index (χ2v) is 5.54. The predicted molar refractivity (Wildman–Crippen MR) is 69.2 cm³/mol. The monoisotopic (exact) mass is 226 g/mol. The largest absolute Gasteiger partial charge is 0.333 e. The first-order valence-corrected chi connectivity index (χ1v) is 5.88. The van der Waals surface area contributed by atoms with E-state index in [4.69, 9.17) is 5.73 Å². The Kier molecular flexibility index (Phi) is 5.20. The van der Waals surface area contributed by atoms with Gasteiger partial charge in [0.05, 0.1) is 5.54 Å². The molecule has 0 fully saturated rings. The van der Waals surface area contributed by atoms with E-state index in [0.717, 1.165) is 6.42 Å². The fourth-order valence-corrected chi connectivity index (χ4v) is 1.73. The lowest BCUT2D eigenvalue weighted by molar-refractivity contribution is -0.140. The molecule has 0 saturated heterocycles. The van der Waals surface area contributed by atoms with Crippen LogP contribution in [0.3, 0.4) is 0 Å². The first-order valence-electron chi connectivity index (χ1n) is 5.88. The smallest absolute Gasteiger partial charge is 0.243 e. The van der Waals surface area contributed by atoms with Gasteiger partial charge in [-0.15, -0.1) is 6.58 Å². The number of rotatable bonds is 5. The van der Waals surface area contributed by atoms with Gasteiger partial charge in [0, 0.05) is 12.1 Å². The molecule has 94 valence electrons. The summed E-state index contributed by atoms with van der Waals surface area (Å²) in [5.41, 5.74) is 5.08. The Hall–Kier alpha value is -0.830. The van der Waals surface area contributed by atoms with E-state index in [2.05, 4.69) is 6.58 Å². The summed E-state index contributed by atoms with van der Waals surface area (Å²) in [7, 11) is 0. The Balaban J connectivity index is 4.94. The standard InChI is InChI=1S/C13H26N2O/c1-7-9-13(6,14)11(16)15(10-8-2)12(3,4)5/h8H,2,7,9-10,14H2,1,3-6H3. The van der Waals surface area contributed by atoms with Crippen molar-refractivity contribution in [1.29, 1.82) is 0 Å². The summed E-state index contributed by atoms with van der Waals surface area (Å²) in [4.78, 5) is 14.1. The number of amides is 1. The van der Waals surface area contributed by atoms with Crippen LogP contribution in [-0.2, 0) is 4.79 Å². The van der Waals surface area contributed by atoms with Crippen molar-refractivity contribution in [2.75, 3.05) is 6.54 Å². The van der Waals surface area contributed by atoms with E-state index >= 15 is 0 Å². The van der Waals surface area contributed by atoms with Gasteiger partial charge in [-0.25, -0.2) is 0 Å². The van der Waals surface area contributed by atoms with Crippen LogP contribution in [0.5, 0.6) is 0 Å². The molecule has 2 N–H and O–H groups in total. The number of hydrogen-bond donors (Lipinski definition) is 1. The Morgan fingerprint density at radius 3 is 2.19 bits per heavy atom.